The Bertz CT molecular complexity index is 982. The fraction of sp³-hybridized carbons (Fsp3) is 0.609. The van der Waals surface area contributed by atoms with Crippen LogP contribution in [0.3, 0.4) is 0 Å². The van der Waals surface area contributed by atoms with Crippen LogP contribution in [0.1, 0.15) is 71.3 Å². The molecule has 1 N–H and O–H groups in total. The van der Waals surface area contributed by atoms with E-state index in [1.165, 1.54) is 19.3 Å². The van der Waals surface area contributed by atoms with Crippen LogP contribution >= 0.6 is 0 Å². The summed E-state index contributed by atoms with van der Waals surface area (Å²) in [4.78, 5) is 39.5. The number of hydrogen-bond acceptors (Lipinski definition) is 4. The minimum Gasteiger partial charge on any atom is -0.408 e. The number of nitrogens with one attached hydrogen (secondary N) is 1. The molecule has 162 valence electrons. The minimum absolute atomic E-state index is 0.0111. The highest BCUT2D eigenvalue weighted by Gasteiger charge is 2.37. The summed E-state index contributed by atoms with van der Waals surface area (Å²) in [6.45, 7) is 4.34. The maximum atomic E-state index is 12.8. The number of carbonyl (C=O) groups excluding carboxylic acids is 2. The van der Waals surface area contributed by atoms with Crippen molar-refractivity contribution in [3.63, 3.8) is 0 Å². The summed E-state index contributed by atoms with van der Waals surface area (Å²) in [7, 11) is 0. The molecule has 0 bridgehead atoms. The van der Waals surface area contributed by atoms with Gasteiger partial charge in [0.15, 0.2) is 5.58 Å². The van der Waals surface area contributed by atoms with E-state index in [2.05, 4.69) is 5.32 Å². The van der Waals surface area contributed by atoms with Crippen molar-refractivity contribution in [3.8, 4) is 0 Å². The summed E-state index contributed by atoms with van der Waals surface area (Å²) < 4.78 is 6.92. The molecule has 1 saturated heterocycles. The Morgan fingerprint density at radius 2 is 1.80 bits per heavy atom. The second kappa shape index (κ2) is 8.66. The standard InChI is InChI=1S/C23H31N3O4/c1-15(2)26-19-11-10-17(13-20(19)30-23(26)29)24-22(28)16-12-21(27)25(14-16)18-8-6-4-3-5-7-9-18/h10-11,13,15-16,18H,3-9,12,14H2,1-2H3,(H,24,28). The first kappa shape index (κ1) is 20.7. The molecular formula is C23H31N3O4. The molecule has 1 aliphatic carbocycles. The van der Waals surface area contributed by atoms with Crippen LogP contribution in [0, 0.1) is 5.92 Å². The minimum atomic E-state index is -0.403. The Kier molecular flexibility index (Phi) is 5.97. The molecule has 2 heterocycles. The molecule has 1 aromatic heterocycles. The van der Waals surface area contributed by atoms with E-state index in [1.807, 2.05) is 18.7 Å². The zero-order valence-corrected chi connectivity index (χ0v) is 17.9. The highest BCUT2D eigenvalue weighted by molar-refractivity contribution is 5.98. The third kappa shape index (κ3) is 4.16. The molecule has 1 saturated carbocycles. The molecule has 2 aromatic rings. The monoisotopic (exact) mass is 413 g/mol. The molecule has 7 heteroatoms. The Morgan fingerprint density at radius 1 is 1.10 bits per heavy atom. The molecule has 2 fully saturated rings. The van der Waals surface area contributed by atoms with E-state index in [0.717, 1.165) is 25.7 Å². The lowest BCUT2D eigenvalue weighted by Crippen LogP contribution is -2.37. The average molecular weight is 414 g/mol. The van der Waals surface area contributed by atoms with Gasteiger partial charge >= 0.3 is 5.76 Å². The smallest absolute Gasteiger partial charge is 0.408 e. The van der Waals surface area contributed by atoms with Crippen LogP contribution in [0.4, 0.5) is 5.69 Å². The van der Waals surface area contributed by atoms with Crippen molar-refractivity contribution in [3.05, 3.63) is 28.7 Å². The lowest BCUT2D eigenvalue weighted by molar-refractivity contribution is -0.130. The average Bonchev–Trinajstić information content (AvgIpc) is 3.20. The quantitative estimate of drug-likeness (QED) is 0.819. The predicted molar refractivity (Wildman–Crippen MR) is 115 cm³/mol. The lowest BCUT2D eigenvalue weighted by Gasteiger charge is -2.29. The van der Waals surface area contributed by atoms with Gasteiger partial charge in [0.2, 0.25) is 11.8 Å². The van der Waals surface area contributed by atoms with Gasteiger partial charge in [0, 0.05) is 36.8 Å². The maximum Gasteiger partial charge on any atom is 0.420 e. The maximum absolute atomic E-state index is 12.8. The van der Waals surface area contributed by atoms with Crippen LogP contribution in [0.2, 0.25) is 0 Å². The van der Waals surface area contributed by atoms with E-state index in [0.29, 0.717) is 23.3 Å². The Hall–Kier alpha value is -2.57. The number of likely N-dealkylation sites (tertiary alicyclic amines) is 1. The second-order valence-electron chi connectivity index (χ2n) is 8.95. The van der Waals surface area contributed by atoms with Gasteiger partial charge in [0.05, 0.1) is 11.4 Å². The molecule has 1 unspecified atom stereocenters. The summed E-state index contributed by atoms with van der Waals surface area (Å²) in [5.74, 6) is -0.802. The van der Waals surface area contributed by atoms with E-state index in [9.17, 15) is 14.4 Å². The third-order valence-corrected chi connectivity index (χ3v) is 6.44. The van der Waals surface area contributed by atoms with Crippen molar-refractivity contribution in [1.29, 1.82) is 0 Å². The number of hydrogen-bond donors (Lipinski definition) is 1. The zero-order valence-electron chi connectivity index (χ0n) is 17.9. The van der Waals surface area contributed by atoms with Gasteiger partial charge in [-0.05, 0) is 38.8 Å². The molecule has 2 amide bonds. The van der Waals surface area contributed by atoms with Crippen molar-refractivity contribution in [2.24, 2.45) is 5.92 Å². The predicted octanol–water partition coefficient (Wildman–Crippen LogP) is 4.08. The Labute approximate surface area is 176 Å². The molecule has 7 nitrogen and oxygen atoms in total. The van der Waals surface area contributed by atoms with Crippen LogP contribution < -0.4 is 11.1 Å². The van der Waals surface area contributed by atoms with Gasteiger partial charge in [-0.1, -0.05) is 32.1 Å². The van der Waals surface area contributed by atoms with E-state index in [1.54, 1.807) is 22.8 Å². The first-order valence-electron chi connectivity index (χ1n) is 11.2. The summed E-state index contributed by atoms with van der Waals surface area (Å²) >= 11 is 0. The van der Waals surface area contributed by atoms with E-state index in [4.69, 9.17) is 4.42 Å². The number of benzene rings is 1. The number of carbonyl (C=O) groups is 2. The summed E-state index contributed by atoms with van der Waals surface area (Å²) in [6.07, 6.45) is 8.43. The van der Waals surface area contributed by atoms with Gasteiger partial charge in [-0.2, -0.15) is 0 Å². The lowest BCUT2D eigenvalue weighted by atomic mass is 9.96. The molecule has 1 aromatic carbocycles. The zero-order chi connectivity index (χ0) is 21.3. The normalized spacial score (nSPS) is 21.2. The van der Waals surface area contributed by atoms with Crippen molar-refractivity contribution in [2.75, 3.05) is 11.9 Å². The largest absolute Gasteiger partial charge is 0.420 e. The topological polar surface area (TPSA) is 84.5 Å². The van der Waals surface area contributed by atoms with Gasteiger partial charge in [0.1, 0.15) is 0 Å². The number of aromatic nitrogens is 1. The second-order valence-corrected chi connectivity index (χ2v) is 8.95. The van der Waals surface area contributed by atoms with Crippen LogP contribution in [0.15, 0.2) is 27.4 Å². The number of rotatable bonds is 4. The van der Waals surface area contributed by atoms with Crippen LogP contribution in [-0.2, 0) is 9.59 Å². The highest BCUT2D eigenvalue weighted by atomic mass is 16.4. The highest BCUT2D eigenvalue weighted by Crippen LogP contribution is 2.29. The first-order chi connectivity index (χ1) is 14.4. The van der Waals surface area contributed by atoms with Gasteiger partial charge in [0.25, 0.3) is 0 Å². The van der Waals surface area contributed by atoms with E-state index >= 15 is 0 Å². The molecule has 2 aliphatic rings. The van der Waals surface area contributed by atoms with Crippen molar-refractivity contribution in [2.45, 2.75) is 77.3 Å². The SMILES string of the molecule is CC(C)n1c(=O)oc2cc(NC(=O)C3CC(=O)N(C4CCCCCCC4)C3)ccc21. The van der Waals surface area contributed by atoms with Crippen LogP contribution in [-0.4, -0.2) is 33.9 Å². The van der Waals surface area contributed by atoms with E-state index < -0.39 is 5.76 Å². The number of oxazole rings is 1. The van der Waals surface area contributed by atoms with E-state index in [-0.39, 0.29) is 36.2 Å². The summed E-state index contributed by atoms with van der Waals surface area (Å²) in [5.41, 5.74) is 1.73. The van der Waals surface area contributed by atoms with Crippen molar-refractivity contribution < 1.29 is 14.0 Å². The molecule has 4 rings (SSSR count). The van der Waals surface area contributed by atoms with Gasteiger partial charge < -0.3 is 14.6 Å². The number of amides is 2. The van der Waals surface area contributed by atoms with Crippen molar-refractivity contribution in [1.82, 2.24) is 9.47 Å². The molecule has 0 radical (unpaired) electrons. The fourth-order valence-corrected chi connectivity index (χ4v) is 4.85. The number of anilines is 1. The fourth-order valence-electron chi connectivity index (χ4n) is 4.85. The number of nitrogens with zero attached hydrogens (tertiary/aromatic N) is 2. The molecule has 1 aliphatic heterocycles. The van der Waals surface area contributed by atoms with Crippen LogP contribution in [0.25, 0.3) is 11.1 Å². The van der Waals surface area contributed by atoms with Gasteiger partial charge in [-0.3, -0.25) is 14.2 Å². The third-order valence-electron chi connectivity index (χ3n) is 6.44. The molecule has 1 atom stereocenters. The Morgan fingerprint density at radius 3 is 2.50 bits per heavy atom. The Balaban J connectivity index is 1.44. The molecular weight excluding hydrogens is 382 g/mol. The first-order valence-corrected chi connectivity index (χ1v) is 11.2. The van der Waals surface area contributed by atoms with Gasteiger partial charge in [-0.25, -0.2) is 4.79 Å². The van der Waals surface area contributed by atoms with Crippen LogP contribution in [0.5, 0.6) is 0 Å². The molecule has 0 spiro atoms. The van der Waals surface area contributed by atoms with Crippen molar-refractivity contribution >= 4 is 28.6 Å². The summed E-state index contributed by atoms with van der Waals surface area (Å²) in [6, 6.07) is 5.50. The summed E-state index contributed by atoms with van der Waals surface area (Å²) in [5, 5.41) is 2.91. The van der Waals surface area contributed by atoms with Gasteiger partial charge in [-0.15, -0.1) is 0 Å². The number of fused-ring (bicyclic) bond motifs is 1. The molecule has 30 heavy (non-hydrogen) atoms.